The highest BCUT2D eigenvalue weighted by Crippen LogP contribution is 2.32. The molecular formula is C37H32Cl2N4O5. The molecule has 11 heteroatoms. The van der Waals surface area contributed by atoms with Gasteiger partial charge in [-0.2, -0.15) is 0 Å². The van der Waals surface area contributed by atoms with Gasteiger partial charge in [0.05, 0.1) is 28.2 Å². The number of fused-ring (bicyclic) bond motifs is 1. The minimum atomic E-state index is -1.29. The van der Waals surface area contributed by atoms with E-state index in [9.17, 15) is 19.2 Å². The molecule has 4 aromatic carbocycles. The predicted molar refractivity (Wildman–Crippen MR) is 184 cm³/mol. The lowest BCUT2D eigenvalue weighted by Crippen LogP contribution is -2.51. The Balaban J connectivity index is 1.11. The third-order valence-electron chi connectivity index (χ3n) is 8.32. The van der Waals surface area contributed by atoms with Crippen LogP contribution in [0, 0.1) is 0 Å². The van der Waals surface area contributed by atoms with Crippen molar-refractivity contribution < 1.29 is 23.9 Å². The van der Waals surface area contributed by atoms with E-state index in [2.05, 4.69) is 16.0 Å². The third kappa shape index (κ3) is 7.54. The van der Waals surface area contributed by atoms with Crippen molar-refractivity contribution in [1.82, 2.24) is 20.9 Å². The van der Waals surface area contributed by atoms with Crippen LogP contribution in [0.2, 0.25) is 10.0 Å². The summed E-state index contributed by atoms with van der Waals surface area (Å²) >= 11 is 13.0. The van der Waals surface area contributed by atoms with Crippen LogP contribution in [0.5, 0.6) is 0 Å². The quantitative estimate of drug-likeness (QED) is 0.174. The van der Waals surface area contributed by atoms with Crippen molar-refractivity contribution in [1.29, 1.82) is 0 Å². The topological polar surface area (TPSA) is 117 Å². The van der Waals surface area contributed by atoms with Crippen LogP contribution in [0.4, 0.5) is 4.79 Å². The first-order chi connectivity index (χ1) is 23.3. The number of benzene rings is 4. The number of likely N-dealkylation sites (tertiary alicyclic amines) is 1. The molecule has 0 saturated carbocycles. The van der Waals surface area contributed by atoms with E-state index in [1.54, 1.807) is 17.0 Å². The molecular weight excluding hydrogens is 651 g/mol. The highest BCUT2D eigenvalue weighted by Gasteiger charge is 2.33. The third-order valence-corrected chi connectivity index (χ3v) is 8.92. The molecule has 1 saturated heterocycles. The van der Waals surface area contributed by atoms with Gasteiger partial charge in [-0.25, -0.2) is 9.59 Å². The fraction of sp³-hybridized carbons (Fsp3) is 0.189. The lowest BCUT2D eigenvalue weighted by molar-refractivity contribution is -0.147. The fourth-order valence-electron chi connectivity index (χ4n) is 5.69. The molecule has 0 radical (unpaired) electrons. The van der Waals surface area contributed by atoms with E-state index in [-0.39, 0.29) is 52.2 Å². The van der Waals surface area contributed by atoms with E-state index in [4.69, 9.17) is 27.9 Å². The molecule has 2 aliphatic rings. The summed E-state index contributed by atoms with van der Waals surface area (Å²) in [5.74, 6) is -1.56. The molecule has 1 fully saturated rings. The standard InChI is InChI=1S/C37H32Cl2N4O5/c38-29-17-26(35(45)43-20-27(21-43)24-11-5-2-6-12-24)18-30(39)33(29)34(44)41-32(36(46)48-22-23-9-3-1-4-10-23)19-40-37(47)42-31-16-15-25-13-7-8-14-28(25)31/h1-18,27,31-32H,19-22H2,(H,41,44)(H2,40,42,47)/t31-,32-/m0/s1. The van der Waals surface area contributed by atoms with Crippen LogP contribution >= 0.6 is 23.2 Å². The number of hydrogen-bond acceptors (Lipinski definition) is 5. The van der Waals surface area contributed by atoms with Crippen LogP contribution in [-0.2, 0) is 16.1 Å². The number of amides is 4. The average Bonchev–Trinajstić information content (AvgIpc) is 3.47. The van der Waals surface area contributed by atoms with Gasteiger partial charge in [-0.3, -0.25) is 9.59 Å². The number of halogens is 2. The van der Waals surface area contributed by atoms with Gasteiger partial charge < -0.3 is 25.6 Å². The molecule has 4 amide bonds. The van der Waals surface area contributed by atoms with E-state index >= 15 is 0 Å². The molecule has 244 valence electrons. The molecule has 2 atom stereocenters. The van der Waals surface area contributed by atoms with E-state index in [1.807, 2.05) is 84.9 Å². The molecule has 0 aromatic heterocycles. The normalized spacial score (nSPS) is 15.5. The molecule has 4 aromatic rings. The highest BCUT2D eigenvalue weighted by atomic mass is 35.5. The number of nitrogens with zero attached hydrogens (tertiary/aromatic N) is 1. The number of urea groups is 1. The number of rotatable bonds is 10. The first-order valence-electron chi connectivity index (χ1n) is 15.4. The van der Waals surface area contributed by atoms with Crippen LogP contribution in [0.3, 0.4) is 0 Å². The summed E-state index contributed by atoms with van der Waals surface area (Å²) < 4.78 is 5.48. The number of ether oxygens (including phenoxy) is 1. The van der Waals surface area contributed by atoms with Gasteiger partial charge in [0.25, 0.3) is 11.8 Å². The number of carbonyl (C=O) groups is 4. The van der Waals surface area contributed by atoms with Gasteiger partial charge in [-0.1, -0.05) is 120 Å². The van der Waals surface area contributed by atoms with Crippen molar-refractivity contribution in [3.63, 3.8) is 0 Å². The van der Waals surface area contributed by atoms with Crippen molar-refractivity contribution in [3.8, 4) is 0 Å². The van der Waals surface area contributed by atoms with E-state index in [1.165, 1.54) is 12.1 Å². The average molecular weight is 684 g/mol. The van der Waals surface area contributed by atoms with Gasteiger partial charge in [0, 0.05) is 24.6 Å². The Morgan fingerprint density at radius 3 is 2.21 bits per heavy atom. The van der Waals surface area contributed by atoms with Gasteiger partial charge >= 0.3 is 12.0 Å². The molecule has 1 aliphatic heterocycles. The first kappa shape index (κ1) is 32.8. The molecule has 0 bridgehead atoms. The predicted octanol–water partition coefficient (Wildman–Crippen LogP) is 6.14. The maximum atomic E-state index is 13.5. The van der Waals surface area contributed by atoms with Crippen LogP contribution in [-0.4, -0.2) is 54.4 Å². The second-order valence-corrected chi connectivity index (χ2v) is 12.4. The molecule has 9 nitrogen and oxygen atoms in total. The Morgan fingerprint density at radius 1 is 0.854 bits per heavy atom. The Morgan fingerprint density at radius 2 is 1.50 bits per heavy atom. The molecule has 1 heterocycles. The molecule has 3 N–H and O–H groups in total. The van der Waals surface area contributed by atoms with Crippen molar-refractivity contribution in [2.75, 3.05) is 19.6 Å². The number of nitrogens with one attached hydrogen (secondary N) is 3. The number of carbonyl (C=O) groups excluding carboxylic acids is 4. The Hall–Kier alpha value is -5.12. The largest absolute Gasteiger partial charge is 0.459 e. The molecule has 0 spiro atoms. The van der Waals surface area contributed by atoms with Crippen molar-refractivity contribution in [3.05, 3.63) is 147 Å². The van der Waals surface area contributed by atoms with Crippen LogP contribution in [0.1, 0.15) is 54.9 Å². The Labute approximate surface area is 287 Å². The lowest BCUT2D eigenvalue weighted by Gasteiger charge is -2.39. The second-order valence-electron chi connectivity index (χ2n) is 11.6. The van der Waals surface area contributed by atoms with Gasteiger partial charge in [-0.05, 0) is 34.4 Å². The second kappa shape index (κ2) is 14.8. The first-order valence-corrected chi connectivity index (χ1v) is 16.2. The summed E-state index contributed by atoms with van der Waals surface area (Å²) in [5, 5.41) is 8.00. The summed E-state index contributed by atoms with van der Waals surface area (Å²) in [6.45, 7) is 0.781. The SMILES string of the molecule is O=C(NC[C@H](NC(=O)c1c(Cl)cc(C(=O)N2CC(c3ccccc3)C2)cc1Cl)C(=O)OCc1ccccc1)N[C@H]1C=Cc2ccccc21. The van der Waals surface area contributed by atoms with Crippen LogP contribution < -0.4 is 16.0 Å². The van der Waals surface area contributed by atoms with Crippen molar-refractivity contribution in [2.24, 2.45) is 0 Å². The minimum Gasteiger partial charge on any atom is -0.459 e. The van der Waals surface area contributed by atoms with Gasteiger partial charge in [-0.15, -0.1) is 0 Å². The summed E-state index contributed by atoms with van der Waals surface area (Å²) in [4.78, 5) is 54.5. The maximum absolute atomic E-state index is 13.5. The smallest absolute Gasteiger partial charge is 0.330 e. The fourth-order valence-corrected chi connectivity index (χ4v) is 6.35. The Bertz CT molecular complexity index is 1840. The van der Waals surface area contributed by atoms with Crippen LogP contribution in [0.25, 0.3) is 6.08 Å². The molecule has 0 unspecified atom stereocenters. The summed E-state index contributed by atoms with van der Waals surface area (Å²) in [6.07, 6.45) is 3.78. The zero-order valence-electron chi connectivity index (χ0n) is 25.7. The van der Waals surface area contributed by atoms with E-state index in [0.29, 0.717) is 13.1 Å². The van der Waals surface area contributed by atoms with Crippen LogP contribution in [0.15, 0.2) is 103 Å². The monoisotopic (exact) mass is 682 g/mol. The summed E-state index contributed by atoms with van der Waals surface area (Å²) in [5.41, 5.74) is 3.98. The summed E-state index contributed by atoms with van der Waals surface area (Å²) in [7, 11) is 0. The maximum Gasteiger partial charge on any atom is 0.330 e. The number of hydrogen-bond donors (Lipinski definition) is 3. The van der Waals surface area contributed by atoms with Gasteiger partial charge in [0.2, 0.25) is 0 Å². The highest BCUT2D eigenvalue weighted by molar-refractivity contribution is 6.40. The zero-order valence-corrected chi connectivity index (χ0v) is 27.2. The zero-order chi connectivity index (χ0) is 33.6. The van der Waals surface area contributed by atoms with E-state index < -0.39 is 23.9 Å². The lowest BCUT2D eigenvalue weighted by atomic mass is 9.91. The summed E-state index contributed by atoms with van der Waals surface area (Å²) in [6, 6.07) is 27.3. The van der Waals surface area contributed by atoms with Gasteiger partial charge in [0.1, 0.15) is 12.6 Å². The molecule has 1 aliphatic carbocycles. The van der Waals surface area contributed by atoms with Crippen molar-refractivity contribution in [2.45, 2.75) is 24.6 Å². The molecule has 6 rings (SSSR count). The van der Waals surface area contributed by atoms with Crippen molar-refractivity contribution >= 4 is 53.1 Å². The van der Waals surface area contributed by atoms with Gasteiger partial charge in [0.15, 0.2) is 0 Å². The number of esters is 1. The molecule has 48 heavy (non-hydrogen) atoms. The minimum absolute atomic E-state index is 0.0398. The Kier molecular flexibility index (Phi) is 10.1. The van der Waals surface area contributed by atoms with E-state index in [0.717, 1.165) is 22.3 Å².